The number of anilines is 1. The molecule has 2 rings (SSSR count). The molecular formula is C13H14BrN3. The Kier molecular flexibility index (Phi) is 3.15. The minimum atomic E-state index is 0.478. The summed E-state index contributed by atoms with van der Waals surface area (Å²) in [6.45, 7) is 6.07. The molecule has 0 unspecified atom stereocenters. The third kappa shape index (κ3) is 2.31. The van der Waals surface area contributed by atoms with Gasteiger partial charge in [-0.15, -0.1) is 0 Å². The first-order valence-electron chi connectivity index (χ1n) is 5.36. The molecule has 2 N–H and O–H groups in total. The number of hydrogen-bond donors (Lipinski definition) is 1. The number of nitrogen functional groups attached to an aromatic ring is 1. The Bertz CT molecular complexity index is 556. The molecule has 0 saturated heterocycles. The summed E-state index contributed by atoms with van der Waals surface area (Å²) in [4.78, 5) is 8.73. The van der Waals surface area contributed by atoms with E-state index < -0.39 is 0 Å². The quantitative estimate of drug-likeness (QED) is 0.876. The van der Waals surface area contributed by atoms with E-state index in [0.717, 1.165) is 15.7 Å². The van der Waals surface area contributed by atoms with Crippen LogP contribution in [0.3, 0.4) is 0 Å². The van der Waals surface area contributed by atoms with E-state index in [2.05, 4.69) is 51.9 Å². The Morgan fingerprint density at radius 3 is 2.35 bits per heavy atom. The van der Waals surface area contributed by atoms with Gasteiger partial charge in [0.1, 0.15) is 5.82 Å². The molecule has 88 valence electrons. The van der Waals surface area contributed by atoms with Crippen molar-refractivity contribution in [1.82, 2.24) is 9.97 Å². The molecule has 0 fully saturated rings. The summed E-state index contributed by atoms with van der Waals surface area (Å²) in [7, 11) is 0. The number of benzene rings is 1. The monoisotopic (exact) mass is 291 g/mol. The van der Waals surface area contributed by atoms with E-state index in [-0.39, 0.29) is 0 Å². The van der Waals surface area contributed by atoms with Crippen LogP contribution in [0.25, 0.3) is 11.4 Å². The molecule has 1 aromatic carbocycles. The minimum Gasteiger partial charge on any atom is -0.383 e. The zero-order valence-electron chi connectivity index (χ0n) is 10.1. The van der Waals surface area contributed by atoms with Crippen LogP contribution in [-0.4, -0.2) is 9.97 Å². The van der Waals surface area contributed by atoms with Gasteiger partial charge in [-0.1, -0.05) is 12.1 Å². The number of nitrogens with two attached hydrogens (primary N) is 1. The van der Waals surface area contributed by atoms with E-state index in [1.807, 2.05) is 13.0 Å². The Morgan fingerprint density at radius 1 is 1.06 bits per heavy atom. The molecule has 0 aliphatic rings. The summed E-state index contributed by atoms with van der Waals surface area (Å²) in [5.74, 6) is 1.15. The van der Waals surface area contributed by atoms with Crippen molar-refractivity contribution in [1.29, 1.82) is 0 Å². The van der Waals surface area contributed by atoms with Crippen LogP contribution in [0.2, 0.25) is 0 Å². The summed E-state index contributed by atoms with van der Waals surface area (Å²) in [6, 6.07) is 6.17. The van der Waals surface area contributed by atoms with Gasteiger partial charge in [0.25, 0.3) is 0 Å². The number of nitrogens with zero attached hydrogens (tertiary/aromatic N) is 2. The van der Waals surface area contributed by atoms with Gasteiger partial charge in [0.2, 0.25) is 0 Å². The van der Waals surface area contributed by atoms with Crippen molar-refractivity contribution in [3.8, 4) is 11.4 Å². The van der Waals surface area contributed by atoms with Crippen LogP contribution in [0.1, 0.15) is 16.8 Å². The van der Waals surface area contributed by atoms with Gasteiger partial charge in [-0.25, -0.2) is 9.97 Å². The van der Waals surface area contributed by atoms with Crippen molar-refractivity contribution in [2.45, 2.75) is 20.8 Å². The molecule has 3 nitrogen and oxygen atoms in total. The fraction of sp³-hybridized carbons (Fsp3) is 0.231. The van der Waals surface area contributed by atoms with Crippen molar-refractivity contribution in [3.63, 3.8) is 0 Å². The zero-order chi connectivity index (χ0) is 12.6. The third-order valence-corrected chi connectivity index (χ3v) is 3.79. The van der Waals surface area contributed by atoms with Gasteiger partial charge in [0.05, 0.1) is 10.2 Å². The van der Waals surface area contributed by atoms with Gasteiger partial charge in [0, 0.05) is 5.56 Å². The second-order valence-electron chi connectivity index (χ2n) is 4.13. The molecule has 0 aliphatic heterocycles. The van der Waals surface area contributed by atoms with Crippen molar-refractivity contribution >= 4 is 21.7 Å². The van der Waals surface area contributed by atoms with Crippen molar-refractivity contribution in [2.75, 3.05) is 5.73 Å². The third-order valence-electron chi connectivity index (χ3n) is 2.81. The van der Waals surface area contributed by atoms with Gasteiger partial charge < -0.3 is 5.73 Å². The average molecular weight is 292 g/mol. The SMILES string of the molecule is Cc1ccc(-c2nc(C)c(Br)c(N)n2)cc1C. The topological polar surface area (TPSA) is 51.8 Å². The Morgan fingerprint density at radius 2 is 1.76 bits per heavy atom. The molecule has 0 spiro atoms. The Hall–Kier alpha value is -1.42. The van der Waals surface area contributed by atoms with Gasteiger partial charge in [-0.3, -0.25) is 0 Å². The summed E-state index contributed by atoms with van der Waals surface area (Å²) in [5, 5.41) is 0. The normalized spacial score (nSPS) is 10.6. The summed E-state index contributed by atoms with van der Waals surface area (Å²) < 4.78 is 0.769. The standard InChI is InChI=1S/C13H14BrN3/c1-7-4-5-10(6-8(7)2)13-16-9(3)11(14)12(15)17-13/h4-6H,1-3H3,(H2,15,16,17). The van der Waals surface area contributed by atoms with Crippen LogP contribution >= 0.6 is 15.9 Å². The van der Waals surface area contributed by atoms with Crippen molar-refractivity contribution in [2.24, 2.45) is 0 Å². The maximum atomic E-state index is 5.83. The number of halogens is 1. The van der Waals surface area contributed by atoms with Crippen molar-refractivity contribution in [3.05, 3.63) is 39.5 Å². The van der Waals surface area contributed by atoms with Gasteiger partial charge in [-0.2, -0.15) is 0 Å². The summed E-state index contributed by atoms with van der Waals surface area (Å²) in [5.41, 5.74) is 10.2. The molecule has 0 bridgehead atoms. The van der Waals surface area contributed by atoms with E-state index in [1.54, 1.807) is 0 Å². The smallest absolute Gasteiger partial charge is 0.161 e. The molecule has 2 aromatic rings. The highest BCUT2D eigenvalue weighted by atomic mass is 79.9. The predicted molar refractivity (Wildman–Crippen MR) is 73.8 cm³/mol. The van der Waals surface area contributed by atoms with Crippen LogP contribution in [0.4, 0.5) is 5.82 Å². The number of aromatic nitrogens is 2. The molecule has 0 amide bonds. The highest BCUT2D eigenvalue weighted by molar-refractivity contribution is 9.10. The van der Waals surface area contributed by atoms with E-state index in [9.17, 15) is 0 Å². The average Bonchev–Trinajstić information content (AvgIpc) is 2.29. The maximum Gasteiger partial charge on any atom is 0.161 e. The minimum absolute atomic E-state index is 0.478. The van der Waals surface area contributed by atoms with Crippen LogP contribution in [0.5, 0.6) is 0 Å². The number of hydrogen-bond acceptors (Lipinski definition) is 3. The number of aryl methyl sites for hydroxylation is 3. The van der Waals surface area contributed by atoms with Gasteiger partial charge in [0.15, 0.2) is 5.82 Å². The Labute approximate surface area is 109 Å². The van der Waals surface area contributed by atoms with Crippen LogP contribution in [-0.2, 0) is 0 Å². The van der Waals surface area contributed by atoms with Gasteiger partial charge in [-0.05, 0) is 53.9 Å². The molecular weight excluding hydrogens is 278 g/mol. The highest BCUT2D eigenvalue weighted by Crippen LogP contribution is 2.25. The van der Waals surface area contributed by atoms with E-state index >= 15 is 0 Å². The lowest BCUT2D eigenvalue weighted by Gasteiger charge is -2.07. The van der Waals surface area contributed by atoms with E-state index in [4.69, 9.17) is 5.73 Å². The molecule has 0 radical (unpaired) electrons. The molecule has 1 heterocycles. The summed E-state index contributed by atoms with van der Waals surface area (Å²) in [6.07, 6.45) is 0. The zero-order valence-corrected chi connectivity index (χ0v) is 11.7. The lowest BCUT2D eigenvalue weighted by atomic mass is 10.1. The molecule has 0 aliphatic carbocycles. The molecule has 4 heteroatoms. The molecule has 0 saturated carbocycles. The molecule has 1 aromatic heterocycles. The molecule has 17 heavy (non-hydrogen) atoms. The van der Waals surface area contributed by atoms with Gasteiger partial charge >= 0.3 is 0 Å². The first kappa shape index (κ1) is 12.0. The number of rotatable bonds is 1. The first-order chi connectivity index (χ1) is 7.99. The van der Waals surface area contributed by atoms with Crippen LogP contribution in [0.15, 0.2) is 22.7 Å². The lowest BCUT2D eigenvalue weighted by Crippen LogP contribution is -2.00. The largest absolute Gasteiger partial charge is 0.383 e. The summed E-state index contributed by atoms with van der Waals surface area (Å²) >= 11 is 3.36. The van der Waals surface area contributed by atoms with E-state index in [0.29, 0.717) is 11.6 Å². The Balaban J connectivity index is 2.57. The highest BCUT2D eigenvalue weighted by Gasteiger charge is 2.08. The second kappa shape index (κ2) is 4.45. The fourth-order valence-corrected chi connectivity index (χ4v) is 1.77. The second-order valence-corrected chi connectivity index (χ2v) is 4.92. The van der Waals surface area contributed by atoms with Crippen LogP contribution in [0, 0.1) is 20.8 Å². The predicted octanol–water partition coefficient (Wildman–Crippen LogP) is 3.41. The lowest BCUT2D eigenvalue weighted by molar-refractivity contribution is 1.10. The molecule has 0 atom stereocenters. The maximum absolute atomic E-state index is 5.83. The van der Waals surface area contributed by atoms with Crippen molar-refractivity contribution < 1.29 is 0 Å². The first-order valence-corrected chi connectivity index (χ1v) is 6.15. The fourth-order valence-electron chi connectivity index (χ4n) is 1.59. The van der Waals surface area contributed by atoms with E-state index in [1.165, 1.54) is 11.1 Å². The van der Waals surface area contributed by atoms with Crippen LogP contribution < -0.4 is 5.73 Å².